The highest BCUT2D eigenvalue weighted by Crippen LogP contribution is 2.31. The van der Waals surface area contributed by atoms with Crippen LogP contribution in [0.4, 0.5) is 4.39 Å². The highest BCUT2D eigenvalue weighted by molar-refractivity contribution is 9.10. The molecule has 1 aromatic carbocycles. The molecular weight excluding hydrogens is 313 g/mol. The van der Waals surface area contributed by atoms with Crippen molar-refractivity contribution in [1.29, 1.82) is 0 Å². The lowest BCUT2D eigenvalue weighted by Gasteiger charge is -2.24. The van der Waals surface area contributed by atoms with Crippen molar-refractivity contribution in [2.45, 2.75) is 37.5 Å². The summed E-state index contributed by atoms with van der Waals surface area (Å²) in [7, 11) is 0. The Morgan fingerprint density at radius 3 is 3.00 bits per heavy atom. The molecule has 1 heterocycles. The topological polar surface area (TPSA) is 12.0 Å². The third-order valence-electron chi connectivity index (χ3n) is 3.33. The maximum Gasteiger partial charge on any atom is 0.124 e. The van der Waals surface area contributed by atoms with Crippen LogP contribution in [0.2, 0.25) is 0 Å². The second-order valence-corrected chi connectivity index (χ2v) is 6.86. The van der Waals surface area contributed by atoms with Gasteiger partial charge < -0.3 is 5.32 Å². The van der Waals surface area contributed by atoms with Gasteiger partial charge in [0.05, 0.1) is 0 Å². The average Bonchev–Trinajstić information content (AvgIpc) is 2.85. The summed E-state index contributed by atoms with van der Waals surface area (Å²) in [5.41, 5.74) is 1.19. The molecule has 0 saturated carbocycles. The van der Waals surface area contributed by atoms with E-state index in [1.54, 1.807) is 12.1 Å². The molecule has 0 aliphatic carbocycles. The van der Waals surface area contributed by atoms with Crippen molar-refractivity contribution in [2.24, 2.45) is 0 Å². The molecule has 1 aliphatic rings. The maximum atomic E-state index is 13.1. The molecule has 1 nitrogen and oxygen atoms in total. The zero-order valence-corrected chi connectivity index (χ0v) is 13.0. The SMILES string of the molecule is CCNC(Cc1ccc(F)cc1Br)C1CCCS1. The van der Waals surface area contributed by atoms with Crippen LogP contribution in [-0.2, 0) is 6.42 Å². The Morgan fingerprint density at radius 1 is 1.56 bits per heavy atom. The zero-order valence-electron chi connectivity index (χ0n) is 10.6. The number of halogens is 2. The predicted molar refractivity (Wildman–Crippen MR) is 80.7 cm³/mol. The molecule has 1 aliphatic heterocycles. The van der Waals surface area contributed by atoms with E-state index in [2.05, 4.69) is 39.9 Å². The van der Waals surface area contributed by atoms with E-state index in [1.165, 1.54) is 24.2 Å². The van der Waals surface area contributed by atoms with Crippen molar-refractivity contribution in [2.75, 3.05) is 12.3 Å². The van der Waals surface area contributed by atoms with Crippen LogP contribution in [0.15, 0.2) is 22.7 Å². The van der Waals surface area contributed by atoms with Gasteiger partial charge in [0.25, 0.3) is 0 Å². The smallest absolute Gasteiger partial charge is 0.124 e. The highest BCUT2D eigenvalue weighted by atomic mass is 79.9. The third-order valence-corrected chi connectivity index (χ3v) is 5.59. The summed E-state index contributed by atoms with van der Waals surface area (Å²) in [6.07, 6.45) is 3.58. The second-order valence-electron chi connectivity index (χ2n) is 4.66. The van der Waals surface area contributed by atoms with Crippen LogP contribution in [-0.4, -0.2) is 23.6 Å². The van der Waals surface area contributed by atoms with E-state index in [0.717, 1.165) is 17.4 Å². The Kier molecular flexibility index (Phi) is 5.52. The predicted octanol–water partition coefficient (Wildman–Crippen LogP) is 4.00. The van der Waals surface area contributed by atoms with Crippen LogP contribution in [0.1, 0.15) is 25.3 Å². The average molecular weight is 332 g/mol. The van der Waals surface area contributed by atoms with Crippen molar-refractivity contribution in [3.05, 3.63) is 34.1 Å². The Hall–Kier alpha value is -0.0600. The van der Waals surface area contributed by atoms with Gasteiger partial charge in [-0.25, -0.2) is 4.39 Å². The highest BCUT2D eigenvalue weighted by Gasteiger charge is 2.25. The molecule has 0 amide bonds. The fourth-order valence-corrected chi connectivity index (χ4v) is 4.35. The van der Waals surface area contributed by atoms with Crippen molar-refractivity contribution in [3.63, 3.8) is 0 Å². The molecule has 1 aromatic rings. The van der Waals surface area contributed by atoms with E-state index >= 15 is 0 Å². The van der Waals surface area contributed by atoms with Crippen LogP contribution in [0.5, 0.6) is 0 Å². The van der Waals surface area contributed by atoms with Crippen molar-refractivity contribution in [3.8, 4) is 0 Å². The summed E-state index contributed by atoms with van der Waals surface area (Å²) in [5, 5.41) is 4.28. The fraction of sp³-hybridized carbons (Fsp3) is 0.571. The van der Waals surface area contributed by atoms with Crippen molar-refractivity contribution >= 4 is 27.7 Å². The lowest BCUT2D eigenvalue weighted by Crippen LogP contribution is -2.39. The van der Waals surface area contributed by atoms with Crippen LogP contribution in [0, 0.1) is 5.82 Å². The molecule has 0 spiro atoms. The van der Waals surface area contributed by atoms with E-state index in [4.69, 9.17) is 0 Å². The Morgan fingerprint density at radius 2 is 2.39 bits per heavy atom. The van der Waals surface area contributed by atoms with Crippen molar-refractivity contribution < 1.29 is 4.39 Å². The molecule has 2 rings (SSSR count). The van der Waals surface area contributed by atoms with Gasteiger partial charge in [0.15, 0.2) is 0 Å². The molecule has 0 aromatic heterocycles. The number of rotatable bonds is 5. The number of likely N-dealkylation sites (N-methyl/N-ethyl adjacent to an activating group) is 1. The first kappa shape index (κ1) is 14.4. The van der Waals surface area contributed by atoms with Crippen molar-refractivity contribution in [1.82, 2.24) is 5.32 Å². The van der Waals surface area contributed by atoms with Crippen LogP contribution >= 0.6 is 27.7 Å². The summed E-state index contributed by atoms with van der Waals surface area (Å²) in [5.74, 6) is 1.10. The monoisotopic (exact) mass is 331 g/mol. The second kappa shape index (κ2) is 6.92. The molecule has 4 heteroatoms. The molecule has 2 atom stereocenters. The van der Waals surface area contributed by atoms with E-state index in [1.807, 2.05) is 6.07 Å². The van der Waals surface area contributed by atoms with Gasteiger partial charge in [0, 0.05) is 15.8 Å². The number of nitrogens with one attached hydrogen (secondary N) is 1. The van der Waals surface area contributed by atoms with E-state index in [-0.39, 0.29) is 5.82 Å². The number of hydrogen-bond donors (Lipinski definition) is 1. The Balaban J connectivity index is 2.07. The molecule has 0 bridgehead atoms. The lowest BCUT2D eigenvalue weighted by atomic mass is 10.0. The number of hydrogen-bond acceptors (Lipinski definition) is 2. The molecule has 100 valence electrons. The van der Waals surface area contributed by atoms with Gasteiger partial charge in [-0.05, 0) is 49.3 Å². The first-order valence-corrected chi connectivity index (χ1v) is 8.33. The largest absolute Gasteiger partial charge is 0.313 e. The molecule has 2 unspecified atom stereocenters. The van der Waals surface area contributed by atoms with Gasteiger partial charge in [-0.2, -0.15) is 11.8 Å². The minimum atomic E-state index is -0.180. The summed E-state index contributed by atoms with van der Waals surface area (Å²) >= 11 is 5.53. The van der Waals surface area contributed by atoms with Gasteiger partial charge in [-0.1, -0.05) is 28.9 Å². The first-order valence-electron chi connectivity index (χ1n) is 6.49. The normalized spacial score (nSPS) is 21.2. The Bertz CT molecular complexity index is 393. The maximum absolute atomic E-state index is 13.1. The lowest BCUT2D eigenvalue weighted by molar-refractivity contribution is 0.494. The third kappa shape index (κ3) is 3.72. The molecule has 1 N–H and O–H groups in total. The van der Waals surface area contributed by atoms with Gasteiger partial charge >= 0.3 is 0 Å². The van der Waals surface area contributed by atoms with E-state index < -0.39 is 0 Å². The van der Waals surface area contributed by atoms with Crippen LogP contribution in [0.3, 0.4) is 0 Å². The van der Waals surface area contributed by atoms with Gasteiger partial charge in [0.1, 0.15) is 5.82 Å². The summed E-state index contributed by atoms with van der Waals surface area (Å²) in [6.45, 7) is 3.13. The summed E-state index contributed by atoms with van der Waals surface area (Å²) < 4.78 is 14.0. The molecular formula is C14H19BrFNS. The summed E-state index contributed by atoms with van der Waals surface area (Å²) in [6, 6.07) is 5.48. The quantitative estimate of drug-likeness (QED) is 0.875. The standard InChI is InChI=1S/C14H19BrFNS/c1-2-17-13(14-4-3-7-18-14)8-10-5-6-11(16)9-12(10)15/h5-6,9,13-14,17H,2-4,7-8H2,1H3. The van der Waals surface area contributed by atoms with Gasteiger partial charge in [-0.3, -0.25) is 0 Å². The van der Waals surface area contributed by atoms with Gasteiger partial charge in [-0.15, -0.1) is 0 Å². The first-order chi connectivity index (χ1) is 8.70. The van der Waals surface area contributed by atoms with E-state index in [0.29, 0.717) is 11.3 Å². The van der Waals surface area contributed by atoms with Crippen LogP contribution in [0.25, 0.3) is 0 Å². The zero-order chi connectivity index (χ0) is 13.0. The fourth-order valence-electron chi connectivity index (χ4n) is 2.44. The summed E-state index contributed by atoms with van der Waals surface area (Å²) in [4.78, 5) is 0. The number of benzene rings is 1. The molecule has 1 fully saturated rings. The number of thioether (sulfide) groups is 1. The molecule has 0 radical (unpaired) electrons. The Labute approximate surface area is 121 Å². The molecule has 18 heavy (non-hydrogen) atoms. The van der Waals surface area contributed by atoms with E-state index in [9.17, 15) is 4.39 Å². The minimum Gasteiger partial charge on any atom is -0.313 e. The van der Waals surface area contributed by atoms with Gasteiger partial charge in [0.2, 0.25) is 0 Å². The molecule has 1 saturated heterocycles. The minimum absolute atomic E-state index is 0.180. The van der Waals surface area contributed by atoms with Crippen LogP contribution < -0.4 is 5.32 Å².